The van der Waals surface area contributed by atoms with Crippen molar-refractivity contribution in [3.8, 4) is 0 Å². The van der Waals surface area contributed by atoms with Gasteiger partial charge >= 0.3 is 0 Å². The monoisotopic (exact) mass is 253 g/mol. The number of rotatable bonds is 7. The topological polar surface area (TPSA) is 44.5 Å². The van der Waals surface area contributed by atoms with E-state index in [0.717, 1.165) is 12.5 Å². The first-order valence-electron chi connectivity index (χ1n) is 5.02. The van der Waals surface area contributed by atoms with Gasteiger partial charge in [0.1, 0.15) is 0 Å². The Bertz CT molecular complexity index is 134. The molecule has 0 spiro atoms. The molecule has 0 aromatic heterocycles. The maximum Gasteiger partial charge on any atom is 0.251 e. The number of hydrogen-bond acceptors (Lipinski definition) is 3. The Balaban J connectivity index is 3.40. The first-order valence-corrected chi connectivity index (χ1v) is 15.6. The highest BCUT2D eigenvalue weighted by Gasteiger charge is 2.21. The zero-order chi connectivity index (χ0) is 10.3. The number of nitrogens with two attached hydrogens (primary N) is 1. The van der Waals surface area contributed by atoms with Gasteiger partial charge in [0, 0.05) is 0 Å². The molecule has 7 heteroatoms. The third kappa shape index (κ3) is 9.06. The van der Waals surface area contributed by atoms with Crippen LogP contribution in [0.3, 0.4) is 0 Å². The third-order valence-corrected chi connectivity index (χ3v) is 14.9. The van der Waals surface area contributed by atoms with Crippen LogP contribution >= 0.6 is 0 Å². The first kappa shape index (κ1) is 13.7. The maximum atomic E-state index is 6.07. The normalized spacial score (nSPS) is 18.0. The number of hydrogen-bond donors (Lipinski definition) is 1. The molecular weight excluding hydrogens is 230 g/mol. The molecule has 0 aliphatic heterocycles. The van der Waals surface area contributed by atoms with Gasteiger partial charge in [0.2, 0.25) is 0 Å². The molecule has 1 unspecified atom stereocenters. The Hall–Kier alpha value is 0.748. The lowest BCUT2D eigenvalue weighted by Gasteiger charge is -2.21. The molecule has 80 valence electrons. The quantitative estimate of drug-likeness (QED) is 0.493. The SMILES string of the molecule is CCC[Si](C)(N)O[SiH2][SiH2]O[SiH](C)C. The smallest absolute Gasteiger partial charge is 0.251 e. The lowest BCUT2D eigenvalue weighted by Crippen LogP contribution is -2.47. The van der Waals surface area contributed by atoms with Crippen molar-refractivity contribution in [2.75, 3.05) is 0 Å². The van der Waals surface area contributed by atoms with Crippen LogP contribution in [-0.2, 0) is 8.23 Å². The highest BCUT2D eigenvalue weighted by Crippen LogP contribution is 2.05. The molecule has 0 amide bonds. The molecule has 0 aliphatic carbocycles. The summed E-state index contributed by atoms with van der Waals surface area (Å²) in [5, 5.41) is 6.07. The zero-order valence-electron chi connectivity index (χ0n) is 9.30. The molecule has 13 heavy (non-hydrogen) atoms. The summed E-state index contributed by atoms with van der Waals surface area (Å²) in [5.41, 5.74) is 0. The van der Waals surface area contributed by atoms with Crippen LogP contribution < -0.4 is 5.40 Å². The van der Waals surface area contributed by atoms with Gasteiger partial charge in [0.25, 0.3) is 8.48 Å². The van der Waals surface area contributed by atoms with Crippen LogP contribution in [-0.4, -0.2) is 36.1 Å². The van der Waals surface area contributed by atoms with Crippen molar-refractivity contribution in [2.24, 2.45) is 5.40 Å². The Morgan fingerprint density at radius 1 is 1.38 bits per heavy atom. The summed E-state index contributed by atoms with van der Waals surface area (Å²) < 4.78 is 11.5. The summed E-state index contributed by atoms with van der Waals surface area (Å²) in [6.07, 6.45) is 1.15. The van der Waals surface area contributed by atoms with Gasteiger partial charge in [-0.15, -0.1) is 0 Å². The van der Waals surface area contributed by atoms with E-state index in [1.54, 1.807) is 0 Å². The van der Waals surface area contributed by atoms with E-state index in [-0.39, 0.29) is 18.6 Å². The molecule has 0 fully saturated rings. The second-order valence-electron chi connectivity index (χ2n) is 3.83. The van der Waals surface area contributed by atoms with E-state index in [1.807, 2.05) is 0 Å². The molecule has 0 aromatic rings. The van der Waals surface area contributed by atoms with Crippen molar-refractivity contribution in [1.29, 1.82) is 0 Å². The Morgan fingerprint density at radius 3 is 2.46 bits per heavy atom. The van der Waals surface area contributed by atoms with Crippen LogP contribution in [0.15, 0.2) is 0 Å². The molecule has 0 saturated carbocycles. The summed E-state index contributed by atoms with van der Waals surface area (Å²) in [6.45, 7) is 8.71. The van der Waals surface area contributed by atoms with Crippen molar-refractivity contribution in [3.63, 3.8) is 0 Å². The summed E-state index contributed by atoms with van der Waals surface area (Å²) >= 11 is 0. The largest absolute Gasteiger partial charge is 0.463 e. The highest BCUT2D eigenvalue weighted by atomic mass is 29.2. The fraction of sp³-hybridized carbons (Fsp3) is 1.00. The zero-order valence-corrected chi connectivity index (χ0v) is 14.3. The van der Waals surface area contributed by atoms with Gasteiger partial charge in [-0.05, 0) is 25.7 Å². The maximum absolute atomic E-state index is 6.07. The molecular formula is C6H23NO2Si4. The summed E-state index contributed by atoms with van der Waals surface area (Å²) in [6, 6.07) is 1.09. The molecule has 2 N–H and O–H groups in total. The lowest BCUT2D eigenvalue weighted by atomic mass is 10.6. The van der Waals surface area contributed by atoms with Gasteiger partial charge in [0.15, 0.2) is 27.6 Å². The van der Waals surface area contributed by atoms with E-state index in [1.165, 1.54) is 0 Å². The van der Waals surface area contributed by atoms with Gasteiger partial charge in [-0.2, -0.15) is 0 Å². The molecule has 0 saturated heterocycles. The van der Waals surface area contributed by atoms with E-state index < -0.39 is 17.5 Å². The third-order valence-electron chi connectivity index (χ3n) is 1.71. The average molecular weight is 254 g/mol. The predicted molar refractivity (Wildman–Crippen MR) is 69.0 cm³/mol. The van der Waals surface area contributed by atoms with Crippen LogP contribution in [0, 0.1) is 0 Å². The predicted octanol–water partition coefficient (Wildman–Crippen LogP) is -0.474. The van der Waals surface area contributed by atoms with Crippen molar-refractivity contribution in [1.82, 2.24) is 0 Å². The standard InChI is InChI=1S/C6H23NO2Si4/c1-5-6-13(4,7)9-11-10-8-12(2)3/h12H,5-7,10-11H2,1-4H3. The first-order chi connectivity index (χ1) is 5.98. The molecule has 0 aromatic carbocycles. The van der Waals surface area contributed by atoms with Crippen LogP contribution in [0.25, 0.3) is 0 Å². The van der Waals surface area contributed by atoms with E-state index in [0.29, 0.717) is 0 Å². The highest BCUT2D eigenvalue weighted by molar-refractivity contribution is 6.99. The fourth-order valence-corrected chi connectivity index (χ4v) is 17.2. The van der Waals surface area contributed by atoms with Crippen LogP contribution in [0.5, 0.6) is 0 Å². The van der Waals surface area contributed by atoms with E-state index in [4.69, 9.17) is 13.6 Å². The average Bonchev–Trinajstić information content (AvgIpc) is 1.98. The minimum Gasteiger partial charge on any atom is -0.463 e. The Morgan fingerprint density at radius 2 is 2.00 bits per heavy atom. The van der Waals surface area contributed by atoms with Crippen LogP contribution in [0.1, 0.15) is 13.3 Å². The van der Waals surface area contributed by atoms with Crippen molar-refractivity contribution in [2.45, 2.75) is 39.0 Å². The molecule has 0 heterocycles. The summed E-state index contributed by atoms with van der Waals surface area (Å²) in [5.74, 6) is 0. The van der Waals surface area contributed by atoms with E-state index in [9.17, 15) is 0 Å². The van der Waals surface area contributed by atoms with Crippen molar-refractivity contribution >= 4 is 36.1 Å². The molecule has 0 bridgehead atoms. The second kappa shape index (κ2) is 7.09. The summed E-state index contributed by atoms with van der Waals surface area (Å²) in [7, 11) is -3.19. The van der Waals surface area contributed by atoms with Crippen molar-refractivity contribution in [3.05, 3.63) is 0 Å². The van der Waals surface area contributed by atoms with Crippen LogP contribution in [0.4, 0.5) is 0 Å². The van der Waals surface area contributed by atoms with Gasteiger partial charge < -0.3 is 13.6 Å². The van der Waals surface area contributed by atoms with Crippen molar-refractivity contribution < 1.29 is 8.23 Å². The second-order valence-corrected chi connectivity index (χ2v) is 14.8. The van der Waals surface area contributed by atoms with Crippen LogP contribution in [0.2, 0.25) is 25.7 Å². The van der Waals surface area contributed by atoms with Gasteiger partial charge in [-0.3, -0.25) is 0 Å². The molecule has 3 nitrogen and oxygen atoms in total. The summed E-state index contributed by atoms with van der Waals surface area (Å²) in [4.78, 5) is 0. The molecule has 0 aliphatic rings. The molecule has 1 atom stereocenters. The Labute approximate surface area is 89.0 Å². The fourth-order valence-electron chi connectivity index (χ4n) is 1.13. The minimum atomic E-state index is -1.74. The molecule has 0 radical (unpaired) electrons. The minimum absolute atomic E-state index is 0.300. The Kier molecular flexibility index (Phi) is 7.50. The van der Waals surface area contributed by atoms with E-state index >= 15 is 0 Å². The van der Waals surface area contributed by atoms with Gasteiger partial charge in [0.05, 0.1) is 0 Å². The molecule has 0 rings (SSSR count). The van der Waals surface area contributed by atoms with Gasteiger partial charge in [-0.25, -0.2) is 0 Å². The van der Waals surface area contributed by atoms with E-state index in [2.05, 4.69) is 26.6 Å². The lowest BCUT2D eigenvalue weighted by molar-refractivity contribution is 0.572. The van der Waals surface area contributed by atoms with Gasteiger partial charge in [-0.1, -0.05) is 13.3 Å².